The molecule has 0 aliphatic heterocycles. The molecule has 3 N–H and O–H groups in total. The zero-order chi connectivity index (χ0) is 13.0. The van der Waals surface area contributed by atoms with Crippen molar-refractivity contribution in [3.05, 3.63) is 32.3 Å². The number of nitro groups is 1. The second kappa shape index (κ2) is 6.02. The molecule has 0 radical (unpaired) electrons. The standard InChI is InChI=1S/C9H10Cl2N2O4/c10-6-1-8(12-3-5(15)4-14)9(13(16)17)2-7(6)11/h1-2,5,12,14-15H,3-4H2. The van der Waals surface area contributed by atoms with Crippen LogP contribution in [0.25, 0.3) is 0 Å². The highest BCUT2D eigenvalue weighted by Crippen LogP contribution is 2.33. The SMILES string of the molecule is O=[N+]([O-])c1cc(Cl)c(Cl)cc1NCC(O)CO. The van der Waals surface area contributed by atoms with Crippen molar-refractivity contribution >= 4 is 34.6 Å². The summed E-state index contributed by atoms with van der Waals surface area (Å²) in [5.74, 6) is 0. The van der Waals surface area contributed by atoms with Crippen LogP contribution in [0.4, 0.5) is 11.4 Å². The molecule has 1 aromatic rings. The van der Waals surface area contributed by atoms with E-state index < -0.39 is 17.6 Å². The highest BCUT2D eigenvalue weighted by atomic mass is 35.5. The molecule has 0 heterocycles. The number of nitro benzene ring substituents is 1. The van der Waals surface area contributed by atoms with Crippen LogP contribution in [0.5, 0.6) is 0 Å². The molecular weight excluding hydrogens is 271 g/mol. The molecule has 0 bridgehead atoms. The molecule has 0 fully saturated rings. The summed E-state index contributed by atoms with van der Waals surface area (Å²) in [7, 11) is 0. The zero-order valence-corrected chi connectivity index (χ0v) is 10.1. The lowest BCUT2D eigenvalue weighted by Crippen LogP contribution is -2.23. The molecule has 0 aliphatic rings. The number of halogens is 2. The molecule has 1 atom stereocenters. The monoisotopic (exact) mass is 280 g/mol. The average molecular weight is 281 g/mol. The van der Waals surface area contributed by atoms with E-state index in [4.69, 9.17) is 33.4 Å². The van der Waals surface area contributed by atoms with Gasteiger partial charge in [0.25, 0.3) is 5.69 Å². The predicted molar refractivity (Wildman–Crippen MR) is 64.7 cm³/mol. The van der Waals surface area contributed by atoms with Gasteiger partial charge in [-0.3, -0.25) is 10.1 Å². The van der Waals surface area contributed by atoms with Gasteiger partial charge in [-0.25, -0.2) is 0 Å². The van der Waals surface area contributed by atoms with Crippen LogP contribution in [0, 0.1) is 10.1 Å². The maximum absolute atomic E-state index is 10.8. The quantitative estimate of drug-likeness (QED) is 0.563. The first-order valence-electron chi connectivity index (χ1n) is 4.62. The van der Waals surface area contributed by atoms with Crippen LogP contribution >= 0.6 is 23.2 Å². The van der Waals surface area contributed by atoms with Gasteiger partial charge in [0.2, 0.25) is 0 Å². The van der Waals surface area contributed by atoms with E-state index in [-0.39, 0.29) is 28.0 Å². The van der Waals surface area contributed by atoms with Gasteiger partial charge in [-0.05, 0) is 6.07 Å². The van der Waals surface area contributed by atoms with E-state index in [2.05, 4.69) is 5.32 Å². The summed E-state index contributed by atoms with van der Waals surface area (Å²) in [5.41, 5.74) is -0.110. The van der Waals surface area contributed by atoms with Gasteiger partial charge in [-0.15, -0.1) is 0 Å². The van der Waals surface area contributed by atoms with Crippen LogP contribution in [0.1, 0.15) is 0 Å². The van der Waals surface area contributed by atoms with E-state index >= 15 is 0 Å². The minimum atomic E-state index is -1.01. The minimum absolute atomic E-state index is 0.0324. The second-order valence-electron chi connectivity index (χ2n) is 3.26. The van der Waals surface area contributed by atoms with E-state index in [1.807, 2.05) is 0 Å². The van der Waals surface area contributed by atoms with Crippen molar-refractivity contribution in [2.24, 2.45) is 0 Å². The molecule has 6 nitrogen and oxygen atoms in total. The Morgan fingerprint density at radius 3 is 2.53 bits per heavy atom. The van der Waals surface area contributed by atoms with E-state index in [9.17, 15) is 10.1 Å². The fraction of sp³-hybridized carbons (Fsp3) is 0.333. The maximum Gasteiger partial charge on any atom is 0.293 e. The Labute approximate surface area is 107 Å². The van der Waals surface area contributed by atoms with Crippen LogP contribution in [0.2, 0.25) is 10.0 Å². The third-order valence-electron chi connectivity index (χ3n) is 1.97. The average Bonchev–Trinajstić information content (AvgIpc) is 2.29. The third-order valence-corrected chi connectivity index (χ3v) is 2.70. The van der Waals surface area contributed by atoms with Gasteiger partial charge in [0, 0.05) is 12.6 Å². The first-order chi connectivity index (χ1) is 7.95. The number of nitrogens with one attached hydrogen (secondary N) is 1. The van der Waals surface area contributed by atoms with Crippen molar-refractivity contribution in [1.29, 1.82) is 0 Å². The van der Waals surface area contributed by atoms with Crippen LogP contribution in [-0.4, -0.2) is 34.4 Å². The van der Waals surface area contributed by atoms with Gasteiger partial charge in [-0.2, -0.15) is 0 Å². The van der Waals surface area contributed by atoms with Crippen LogP contribution < -0.4 is 5.32 Å². The van der Waals surface area contributed by atoms with Gasteiger partial charge in [0.1, 0.15) is 5.69 Å². The molecule has 0 saturated carbocycles. The van der Waals surface area contributed by atoms with Crippen LogP contribution in [0.15, 0.2) is 12.1 Å². The first-order valence-corrected chi connectivity index (χ1v) is 5.37. The normalized spacial score (nSPS) is 12.2. The summed E-state index contributed by atoms with van der Waals surface area (Å²) in [6.07, 6.45) is -1.01. The lowest BCUT2D eigenvalue weighted by atomic mass is 10.2. The Morgan fingerprint density at radius 1 is 1.41 bits per heavy atom. The third kappa shape index (κ3) is 3.71. The Hall–Kier alpha value is -1.08. The van der Waals surface area contributed by atoms with Crippen LogP contribution in [-0.2, 0) is 0 Å². The molecule has 1 unspecified atom stereocenters. The van der Waals surface area contributed by atoms with Crippen LogP contribution in [0.3, 0.4) is 0 Å². The fourth-order valence-electron chi connectivity index (χ4n) is 1.12. The van der Waals surface area contributed by atoms with Gasteiger partial charge >= 0.3 is 0 Å². The van der Waals surface area contributed by atoms with Gasteiger partial charge in [0.05, 0.1) is 27.7 Å². The number of hydrogen-bond donors (Lipinski definition) is 3. The van der Waals surface area contributed by atoms with E-state index in [0.717, 1.165) is 6.07 Å². The number of benzene rings is 1. The summed E-state index contributed by atoms with van der Waals surface area (Å²) in [5, 5.41) is 31.4. The molecule has 1 rings (SSSR count). The molecular formula is C9H10Cl2N2O4. The number of hydrogen-bond acceptors (Lipinski definition) is 5. The summed E-state index contributed by atoms with van der Waals surface area (Å²) in [6, 6.07) is 2.42. The van der Waals surface area contributed by atoms with Gasteiger partial charge < -0.3 is 15.5 Å². The lowest BCUT2D eigenvalue weighted by molar-refractivity contribution is -0.383. The van der Waals surface area contributed by atoms with Crippen molar-refractivity contribution in [2.45, 2.75) is 6.10 Å². The minimum Gasteiger partial charge on any atom is -0.394 e. The van der Waals surface area contributed by atoms with Crippen molar-refractivity contribution < 1.29 is 15.1 Å². The summed E-state index contributed by atoms with van der Waals surface area (Å²) in [4.78, 5) is 10.1. The topological polar surface area (TPSA) is 95.6 Å². The fourth-order valence-corrected chi connectivity index (χ4v) is 1.44. The number of rotatable bonds is 5. The molecule has 0 amide bonds. The van der Waals surface area contributed by atoms with Crippen molar-refractivity contribution in [2.75, 3.05) is 18.5 Å². The Kier molecular flexibility index (Phi) is 4.95. The second-order valence-corrected chi connectivity index (χ2v) is 4.07. The molecule has 0 aliphatic carbocycles. The number of aliphatic hydroxyl groups is 2. The highest BCUT2D eigenvalue weighted by Gasteiger charge is 2.17. The predicted octanol–water partition coefficient (Wildman–Crippen LogP) is 1.67. The number of aliphatic hydroxyl groups excluding tert-OH is 2. The molecule has 0 aromatic heterocycles. The van der Waals surface area contributed by atoms with E-state index in [1.165, 1.54) is 6.07 Å². The zero-order valence-electron chi connectivity index (χ0n) is 8.56. The Bertz CT molecular complexity index is 428. The summed E-state index contributed by atoms with van der Waals surface area (Å²) in [6.45, 7) is -0.475. The number of nitrogens with zero attached hydrogens (tertiary/aromatic N) is 1. The Morgan fingerprint density at radius 2 is 2.00 bits per heavy atom. The number of anilines is 1. The van der Waals surface area contributed by atoms with Crippen molar-refractivity contribution in [3.63, 3.8) is 0 Å². The van der Waals surface area contributed by atoms with Crippen molar-refractivity contribution in [3.8, 4) is 0 Å². The smallest absolute Gasteiger partial charge is 0.293 e. The molecule has 0 saturated heterocycles. The first kappa shape index (κ1) is 14.0. The van der Waals surface area contributed by atoms with Gasteiger partial charge in [-0.1, -0.05) is 23.2 Å². The van der Waals surface area contributed by atoms with E-state index in [1.54, 1.807) is 0 Å². The molecule has 1 aromatic carbocycles. The summed E-state index contributed by atoms with van der Waals surface area (Å²) < 4.78 is 0. The largest absolute Gasteiger partial charge is 0.394 e. The highest BCUT2D eigenvalue weighted by molar-refractivity contribution is 6.42. The summed E-state index contributed by atoms with van der Waals surface area (Å²) >= 11 is 11.4. The molecule has 17 heavy (non-hydrogen) atoms. The Balaban J connectivity index is 2.96. The van der Waals surface area contributed by atoms with E-state index in [0.29, 0.717) is 0 Å². The molecule has 94 valence electrons. The molecule has 0 spiro atoms. The van der Waals surface area contributed by atoms with Crippen molar-refractivity contribution in [1.82, 2.24) is 0 Å². The maximum atomic E-state index is 10.8. The lowest BCUT2D eigenvalue weighted by Gasteiger charge is -2.11. The molecule has 8 heteroatoms. The van der Waals surface area contributed by atoms with Gasteiger partial charge in [0.15, 0.2) is 0 Å².